The maximum atomic E-state index is 5.48. The lowest BCUT2D eigenvalue weighted by Gasteiger charge is -2.21. The van der Waals surface area contributed by atoms with Gasteiger partial charge < -0.3 is 9.97 Å². The summed E-state index contributed by atoms with van der Waals surface area (Å²) >= 11 is 0. The third kappa shape index (κ3) is 5.31. The van der Waals surface area contributed by atoms with Crippen molar-refractivity contribution >= 4 is 43.6 Å². The van der Waals surface area contributed by atoms with E-state index in [-0.39, 0.29) is 16.2 Å². The zero-order chi connectivity index (χ0) is 35.3. The zero-order valence-electron chi connectivity index (χ0n) is 31.0. The summed E-state index contributed by atoms with van der Waals surface area (Å²) in [7, 11) is 0. The van der Waals surface area contributed by atoms with Gasteiger partial charge >= 0.3 is 0 Å². The summed E-state index contributed by atoms with van der Waals surface area (Å²) in [5.41, 5.74) is 14.2. The summed E-state index contributed by atoms with van der Waals surface area (Å²) < 4.78 is 2.14. The SMILES string of the molecule is Cc1cc(-c2cc(C(C)(C)C)cc(-c3nn(-c4cc(C(C)(C)C)cc5c4[nH]c4ccc(C(C)(C)C)cc45)c4ccccc34)n2)c2[nH]ccc2c1. The van der Waals surface area contributed by atoms with Crippen LogP contribution in [0.15, 0.2) is 91.1 Å². The zero-order valence-corrected chi connectivity index (χ0v) is 31.0. The number of aryl methyl sites for hydroxylation is 1. The minimum absolute atomic E-state index is 0.0495. The van der Waals surface area contributed by atoms with E-state index in [1.807, 2.05) is 6.20 Å². The molecule has 4 aromatic carbocycles. The minimum atomic E-state index is -0.0903. The number of para-hydroxylation sites is 1. The van der Waals surface area contributed by atoms with Gasteiger partial charge in [0.05, 0.1) is 33.6 Å². The van der Waals surface area contributed by atoms with E-state index in [2.05, 4.69) is 169 Å². The highest BCUT2D eigenvalue weighted by atomic mass is 15.3. The van der Waals surface area contributed by atoms with Gasteiger partial charge in [0.2, 0.25) is 0 Å². The average molecular weight is 658 g/mol. The first-order chi connectivity index (χ1) is 23.6. The van der Waals surface area contributed by atoms with Crippen LogP contribution in [-0.4, -0.2) is 24.7 Å². The van der Waals surface area contributed by atoms with Gasteiger partial charge in [-0.05, 0) is 106 Å². The number of pyridine rings is 1. The van der Waals surface area contributed by atoms with Gasteiger partial charge in [0.15, 0.2) is 0 Å². The van der Waals surface area contributed by atoms with Crippen LogP contribution in [0.5, 0.6) is 0 Å². The van der Waals surface area contributed by atoms with E-state index in [0.29, 0.717) is 0 Å². The summed E-state index contributed by atoms with van der Waals surface area (Å²) in [6, 6.07) is 31.2. The molecule has 252 valence electrons. The smallest absolute Gasteiger partial charge is 0.119 e. The molecule has 0 unspecified atom stereocenters. The molecule has 0 aliphatic heterocycles. The Morgan fingerprint density at radius 3 is 2.02 bits per heavy atom. The van der Waals surface area contributed by atoms with Crippen LogP contribution in [0.2, 0.25) is 0 Å². The van der Waals surface area contributed by atoms with Crippen LogP contribution in [0, 0.1) is 6.92 Å². The first-order valence-electron chi connectivity index (χ1n) is 17.8. The highest BCUT2D eigenvalue weighted by Crippen LogP contribution is 2.40. The molecule has 0 saturated heterocycles. The predicted octanol–water partition coefficient (Wildman–Crippen LogP) is 12.1. The highest BCUT2D eigenvalue weighted by Gasteiger charge is 2.25. The normalized spacial score (nSPS) is 13.0. The maximum Gasteiger partial charge on any atom is 0.119 e. The second-order valence-corrected chi connectivity index (χ2v) is 17.2. The Balaban J connectivity index is 1.42. The van der Waals surface area contributed by atoms with E-state index >= 15 is 0 Å². The van der Waals surface area contributed by atoms with E-state index < -0.39 is 0 Å². The lowest BCUT2D eigenvalue weighted by molar-refractivity contribution is 0.590. The van der Waals surface area contributed by atoms with Gasteiger partial charge in [-0.3, -0.25) is 0 Å². The first kappa shape index (κ1) is 32.1. The molecule has 0 amide bonds. The van der Waals surface area contributed by atoms with Gasteiger partial charge in [-0.15, -0.1) is 0 Å². The molecule has 4 aromatic heterocycles. The standard InChI is InChI=1S/C45H47N5/c1-26-19-27-17-18-46-40(27)34(20-26)36-23-30(45(8,9)10)24-37(47-36)41-31-13-11-12-14-38(31)50(49-41)39-25-29(44(5,6)7)22-33-32-21-28(43(2,3)4)15-16-35(32)48-42(33)39/h11-25,46,48H,1-10H3. The maximum absolute atomic E-state index is 5.48. The fourth-order valence-electron chi connectivity index (χ4n) is 7.23. The quantitative estimate of drug-likeness (QED) is 0.199. The number of hydrogen-bond acceptors (Lipinski definition) is 2. The van der Waals surface area contributed by atoms with Crippen molar-refractivity contribution in [2.45, 2.75) is 85.5 Å². The Hall–Kier alpha value is -5.16. The van der Waals surface area contributed by atoms with Gasteiger partial charge in [0.25, 0.3) is 0 Å². The predicted molar refractivity (Wildman–Crippen MR) is 212 cm³/mol. The number of H-pyrrole nitrogens is 2. The van der Waals surface area contributed by atoms with Crippen LogP contribution < -0.4 is 0 Å². The first-order valence-corrected chi connectivity index (χ1v) is 17.8. The lowest BCUT2D eigenvalue weighted by Crippen LogP contribution is -2.12. The molecular formula is C45H47N5. The van der Waals surface area contributed by atoms with Gasteiger partial charge in [-0.2, -0.15) is 5.10 Å². The van der Waals surface area contributed by atoms with Gasteiger partial charge in [-0.1, -0.05) is 86.6 Å². The molecule has 0 fully saturated rings. The number of benzene rings is 4. The van der Waals surface area contributed by atoms with Crippen molar-refractivity contribution in [2.75, 3.05) is 0 Å². The summed E-state index contributed by atoms with van der Waals surface area (Å²) in [5, 5.41) is 10.2. The molecule has 0 atom stereocenters. The van der Waals surface area contributed by atoms with Crippen molar-refractivity contribution in [3.8, 4) is 28.3 Å². The van der Waals surface area contributed by atoms with E-state index in [9.17, 15) is 0 Å². The van der Waals surface area contributed by atoms with Crippen LogP contribution in [0.25, 0.3) is 71.9 Å². The number of aromatic amines is 2. The van der Waals surface area contributed by atoms with Gasteiger partial charge in [-0.25, -0.2) is 9.67 Å². The molecule has 0 spiro atoms. The number of nitrogens with zero attached hydrogens (tertiary/aromatic N) is 3. The van der Waals surface area contributed by atoms with Crippen molar-refractivity contribution in [3.05, 3.63) is 113 Å². The molecule has 50 heavy (non-hydrogen) atoms. The third-order valence-electron chi connectivity index (χ3n) is 10.2. The third-order valence-corrected chi connectivity index (χ3v) is 10.2. The van der Waals surface area contributed by atoms with E-state index in [0.717, 1.165) is 55.8 Å². The topological polar surface area (TPSA) is 62.3 Å². The van der Waals surface area contributed by atoms with Crippen LogP contribution in [0.1, 0.15) is 84.6 Å². The van der Waals surface area contributed by atoms with Crippen molar-refractivity contribution in [1.29, 1.82) is 0 Å². The number of rotatable bonds is 3. The highest BCUT2D eigenvalue weighted by molar-refractivity contribution is 6.11. The molecule has 8 rings (SSSR count). The summed E-state index contributed by atoms with van der Waals surface area (Å²) in [5.74, 6) is 0. The minimum Gasteiger partial charge on any atom is -0.361 e. The fourth-order valence-corrected chi connectivity index (χ4v) is 7.23. The van der Waals surface area contributed by atoms with Crippen LogP contribution in [0.3, 0.4) is 0 Å². The van der Waals surface area contributed by atoms with Crippen LogP contribution in [-0.2, 0) is 16.2 Å². The molecule has 8 aromatic rings. The van der Waals surface area contributed by atoms with Crippen molar-refractivity contribution in [2.24, 2.45) is 0 Å². The molecule has 0 saturated carbocycles. The number of nitrogens with one attached hydrogen (secondary N) is 2. The second kappa shape index (κ2) is 10.9. The second-order valence-electron chi connectivity index (χ2n) is 17.2. The van der Waals surface area contributed by atoms with E-state index in [4.69, 9.17) is 10.1 Å². The van der Waals surface area contributed by atoms with Crippen LogP contribution in [0.4, 0.5) is 0 Å². The molecule has 0 bridgehead atoms. The molecule has 5 nitrogen and oxygen atoms in total. The molecule has 0 radical (unpaired) electrons. The Morgan fingerprint density at radius 2 is 1.28 bits per heavy atom. The lowest BCUT2D eigenvalue weighted by atomic mass is 9.84. The molecule has 2 N–H and O–H groups in total. The molecule has 4 heterocycles. The van der Waals surface area contributed by atoms with Crippen LogP contribution >= 0.6 is 0 Å². The Bertz CT molecular complexity index is 2600. The average Bonchev–Trinajstić information content (AvgIpc) is 3.77. The van der Waals surface area contributed by atoms with E-state index in [1.54, 1.807) is 0 Å². The van der Waals surface area contributed by atoms with Gasteiger partial charge in [0, 0.05) is 38.8 Å². The van der Waals surface area contributed by atoms with Crippen molar-refractivity contribution in [1.82, 2.24) is 24.7 Å². The molecule has 5 heteroatoms. The Labute approximate surface area is 294 Å². The Morgan fingerprint density at radius 1 is 0.600 bits per heavy atom. The number of hydrogen-bond donors (Lipinski definition) is 2. The monoisotopic (exact) mass is 657 g/mol. The van der Waals surface area contributed by atoms with Crippen molar-refractivity contribution < 1.29 is 0 Å². The fraction of sp³-hybridized carbons (Fsp3) is 0.289. The number of aromatic nitrogens is 5. The van der Waals surface area contributed by atoms with Crippen molar-refractivity contribution in [3.63, 3.8) is 0 Å². The summed E-state index contributed by atoms with van der Waals surface area (Å²) in [4.78, 5) is 12.7. The number of fused-ring (bicyclic) bond motifs is 5. The molecule has 0 aliphatic rings. The Kier molecular flexibility index (Phi) is 7.00. The molecule has 0 aliphatic carbocycles. The summed E-state index contributed by atoms with van der Waals surface area (Å²) in [6.45, 7) is 22.6. The molecular weight excluding hydrogens is 611 g/mol. The van der Waals surface area contributed by atoms with Gasteiger partial charge in [0.1, 0.15) is 5.69 Å². The summed E-state index contributed by atoms with van der Waals surface area (Å²) in [6.07, 6.45) is 2.01. The van der Waals surface area contributed by atoms with E-state index in [1.165, 1.54) is 38.4 Å². The largest absolute Gasteiger partial charge is 0.361 e.